The Bertz CT molecular complexity index is 923. The number of aromatic carboxylic acids is 1. The van der Waals surface area contributed by atoms with Crippen molar-refractivity contribution in [1.82, 2.24) is 4.57 Å². The van der Waals surface area contributed by atoms with E-state index in [0.717, 1.165) is 0 Å². The van der Waals surface area contributed by atoms with Crippen LogP contribution < -0.4 is 0 Å². The highest BCUT2D eigenvalue weighted by molar-refractivity contribution is 6.08. The lowest BCUT2D eigenvalue weighted by molar-refractivity contribution is 0.0696. The number of carbonyl (C=O) groups excluding carboxylic acids is 1. The molecule has 0 fully saturated rings. The normalized spacial score (nSPS) is 10.9. The van der Waals surface area contributed by atoms with Gasteiger partial charge in [-0.3, -0.25) is 4.79 Å². The topological polar surface area (TPSA) is 59.3 Å². The molecule has 0 saturated carbocycles. The van der Waals surface area contributed by atoms with Crippen LogP contribution in [0.5, 0.6) is 0 Å². The van der Waals surface area contributed by atoms with Crippen molar-refractivity contribution in [2.24, 2.45) is 0 Å². The van der Waals surface area contributed by atoms with Crippen LogP contribution in [0.4, 0.5) is 0 Å². The summed E-state index contributed by atoms with van der Waals surface area (Å²) in [7, 11) is 0. The first-order chi connectivity index (χ1) is 12.2. The molecular formula is C21H17NO3. The molecule has 25 heavy (non-hydrogen) atoms. The third-order valence-electron chi connectivity index (χ3n) is 3.89. The average Bonchev–Trinajstić information content (AvgIpc) is 3.10. The minimum atomic E-state index is -0.957. The van der Waals surface area contributed by atoms with Crippen molar-refractivity contribution < 1.29 is 14.7 Å². The summed E-state index contributed by atoms with van der Waals surface area (Å²) in [5.41, 5.74) is 2.13. The van der Waals surface area contributed by atoms with Crippen LogP contribution in [-0.4, -0.2) is 21.4 Å². The highest BCUT2D eigenvalue weighted by atomic mass is 16.4. The van der Waals surface area contributed by atoms with Gasteiger partial charge in [0, 0.05) is 18.3 Å². The molecule has 0 saturated heterocycles. The molecule has 0 atom stereocenters. The van der Waals surface area contributed by atoms with Crippen LogP contribution in [0.1, 0.15) is 32.0 Å². The standard InChI is InChI=1S/C21H17NO3/c23-20(17-9-2-1-3-10-17)19-13-7-15-22(19)14-6-11-16-8-4-5-12-18(16)21(24)25/h1-13,15H,14H2,(H,24,25)/b11-6+. The molecule has 0 bridgehead atoms. The number of carboxylic acids is 1. The SMILES string of the molecule is O=C(O)c1ccccc1/C=C/Cn1cccc1C(=O)c1ccccc1. The molecule has 3 aromatic rings. The van der Waals surface area contributed by atoms with E-state index < -0.39 is 5.97 Å². The van der Waals surface area contributed by atoms with E-state index in [1.165, 1.54) is 0 Å². The largest absolute Gasteiger partial charge is 0.478 e. The highest BCUT2D eigenvalue weighted by Crippen LogP contribution is 2.13. The molecule has 4 nitrogen and oxygen atoms in total. The molecule has 0 aliphatic rings. The van der Waals surface area contributed by atoms with Crippen molar-refractivity contribution in [2.45, 2.75) is 6.54 Å². The summed E-state index contributed by atoms with van der Waals surface area (Å²) in [4.78, 5) is 23.8. The van der Waals surface area contributed by atoms with Crippen molar-refractivity contribution in [3.05, 3.63) is 101 Å². The maximum atomic E-state index is 12.6. The predicted octanol–water partition coefficient (Wildman–Crippen LogP) is 4.13. The second-order valence-corrected chi connectivity index (χ2v) is 5.54. The first kappa shape index (κ1) is 16.5. The molecule has 0 unspecified atom stereocenters. The first-order valence-corrected chi connectivity index (χ1v) is 7.90. The van der Waals surface area contributed by atoms with Crippen LogP contribution in [0, 0.1) is 0 Å². The van der Waals surface area contributed by atoms with Gasteiger partial charge in [0.15, 0.2) is 0 Å². The molecule has 0 spiro atoms. The maximum Gasteiger partial charge on any atom is 0.336 e. The number of carboxylic acid groups (broad SMARTS) is 1. The molecule has 3 rings (SSSR count). The Labute approximate surface area is 145 Å². The fraction of sp³-hybridized carbons (Fsp3) is 0.0476. The minimum Gasteiger partial charge on any atom is -0.478 e. The third kappa shape index (κ3) is 3.75. The van der Waals surface area contributed by atoms with E-state index in [1.807, 2.05) is 41.1 Å². The molecule has 124 valence electrons. The smallest absolute Gasteiger partial charge is 0.336 e. The second kappa shape index (κ2) is 7.45. The van der Waals surface area contributed by atoms with Crippen molar-refractivity contribution >= 4 is 17.8 Å². The Morgan fingerprint density at radius 3 is 2.40 bits per heavy atom. The monoisotopic (exact) mass is 331 g/mol. The summed E-state index contributed by atoms with van der Waals surface area (Å²) in [6.45, 7) is 0.481. The Morgan fingerprint density at radius 1 is 0.920 bits per heavy atom. The highest BCUT2D eigenvalue weighted by Gasteiger charge is 2.12. The van der Waals surface area contributed by atoms with E-state index in [9.17, 15) is 14.7 Å². The summed E-state index contributed by atoms with van der Waals surface area (Å²) >= 11 is 0. The van der Waals surface area contributed by atoms with E-state index in [-0.39, 0.29) is 11.3 Å². The molecule has 1 aromatic heterocycles. The van der Waals surface area contributed by atoms with E-state index in [1.54, 1.807) is 48.5 Å². The summed E-state index contributed by atoms with van der Waals surface area (Å²) in [5, 5.41) is 9.21. The van der Waals surface area contributed by atoms with Crippen LogP contribution in [-0.2, 0) is 6.54 Å². The number of rotatable bonds is 6. The Morgan fingerprint density at radius 2 is 1.64 bits per heavy atom. The zero-order valence-electron chi connectivity index (χ0n) is 13.5. The summed E-state index contributed by atoms with van der Waals surface area (Å²) in [6.07, 6.45) is 5.45. The van der Waals surface area contributed by atoms with Gasteiger partial charge >= 0.3 is 5.97 Å². The number of hydrogen-bond acceptors (Lipinski definition) is 2. The Kier molecular flexibility index (Phi) is 4.90. The van der Waals surface area contributed by atoms with Gasteiger partial charge in [0.25, 0.3) is 0 Å². The lowest BCUT2D eigenvalue weighted by Gasteiger charge is -2.06. The third-order valence-corrected chi connectivity index (χ3v) is 3.89. The number of hydrogen-bond donors (Lipinski definition) is 1. The van der Waals surface area contributed by atoms with Gasteiger partial charge < -0.3 is 9.67 Å². The van der Waals surface area contributed by atoms with Crippen LogP contribution in [0.3, 0.4) is 0 Å². The maximum absolute atomic E-state index is 12.6. The lowest BCUT2D eigenvalue weighted by atomic mass is 10.1. The van der Waals surface area contributed by atoms with E-state index in [0.29, 0.717) is 23.4 Å². The van der Waals surface area contributed by atoms with Gasteiger partial charge in [-0.15, -0.1) is 0 Å². The van der Waals surface area contributed by atoms with Crippen LogP contribution >= 0.6 is 0 Å². The van der Waals surface area contributed by atoms with Crippen LogP contribution in [0.15, 0.2) is 79.0 Å². The van der Waals surface area contributed by atoms with Crippen molar-refractivity contribution in [1.29, 1.82) is 0 Å². The van der Waals surface area contributed by atoms with Crippen LogP contribution in [0.25, 0.3) is 6.08 Å². The first-order valence-electron chi connectivity index (χ1n) is 7.90. The predicted molar refractivity (Wildman–Crippen MR) is 96.7 cm³/mol. The number of allylic oxidation sites excluding steroid dienone is 1. The lowest BCUT2D eigenvalue weighted by Crippen LogP contribution is -2.09. The van der Waals surface area contributed by atoms with Crippen LogP contribution in [0.2, 0.25) is 0 Å². The summed E-state index contributed by atoms with van der Waals surface area (Å²) < 4.78 is 1.84. The fourth-order valence-electron chi connectivity index (χ4n) is 2.65. The fourth-order valence-corrected chi connectivity index (χ4v) is 2.65. The van der Waals surface area contributed by atoms with Gasteiger partial charge in [0.05, 0.1) is 11.3 Å². The zero-order chi connectivity index (χ0) is 17.6. The van der Waals surface area contributed by atoms with Gasteiger partial charge in [-0.25, -0.2) is 4.79 Å². The minimum absolute atomic E-state index is 0.0371. The van der Waals surface area contributed by atoms with Gasteiger partial charge in [-0.05, 0) is 23.8 Å². The molecule has 4 heteroatoms. The van der Waals surface area contributed by atoms with Gasteiger partial charge in [-0.2, -0.15) is 0 Å². The number of aromatic nitrogens is 1. The summed E-state index contributed by atoms with van der Waals surface area (Å²) in [5.74, 6) is -0.994. The molecule has 2 aromatic carbocycles. The van der Waals surface area contributed by atoms with E-state index in [2.05, 4.69) is 0 Å². The Hall–Kier alpha value is -3.40. The number of carbonyl (C=O) groups is 2. The van der Waals surface area contributed by atoms with Gasteiger partial charge in [0.2, 0.25) is 5.78 Å². The quantitative estimate of drug-likeness (QED) is 0.691. The van der Waals surface area contributed by atoms with Gasteiger partial charge in [0.1, 0.15) is 0 Å². The molecule has 0 aliphatic heterocycles. The van der Waals surface area contributed by atoms with Gasteiger partial charge in [-0.1, -0.05) is 60.7 Å². The van der Waals surface area contributed by atoms with E-state index >= 15 is 0 Å². The molecular weight excluding hydrogens is 314 g/mol. The second-order valence-electron chi connectivity index (χ2n) is 5.54. The molecule has 0 amide bonds. The van der Waals surface area contributed by atoms with E-state index in [4.69, 9.17) is 0 Å². The average molecular weight is 331 g/mol. The number of ketones is 1. The molecule has 0 radical (unpaired) electrons. The molecule has 1 heterocycles. The Balaban J connectivity index is 1.79. The molecule has 1 N–H and O–H groups in total. The number of benzene rings is 2. The van der Waals surface area contributed by atoms with Crippen molar-refractivity contribution in [3.63, 3.8) is 0 Å². The molecule has 0 aliphatic carbocycles. The summed E-state index contributed by atoms with van der Waals surface area (Å²) in [6, 6.07) is 19.6. The zero-order valence-corrected chi connectivity index (χ0v) is 13.5. The number of nitrogens with zero attached hydrogens (tertiary/aromatic N) is 1. The van der Waals surface area contributed by atoms with Crippen molar-refractivity contribution in [2.75, 3.05) is 0 Å². The van der Waals surface area contributed by atoms with Crippen molar-refractivity contribution in [3.8, 4) is 0 Å².